The monoisotopic (exact) mass is 393 g/mol. The van der Waals surface area contributed by atoms with E-state index in [1.54, 1.807) is 6.92 Å². The fraction of sp³-hybridized carbons (Fsp3) is 0.458. The molecule has 154 valence electrons. The van der Waals surface area contributed by atoms with Gasteiger partial charge in [-0.2, -0.15) is 0 Å². The fourth-order valence-corrected chi connectivity index (χ4v) is 4.51. The molecular formula is C24H31N3O2. The highest BCUT2D eigenvalue weighted by molar-refractivity contribution is 5.92. The lowest BCUT2D eigenvalue weighted by Gasteiger charge is -2.37. The summed E-state index contributed by atoms with van der Waals surface area (Å²) in [5.41, 5.74) is 5.71. The zero-order valence-electron chi connectivity index (χ0n) is 17.5. The minimum Gasteiger partial charge on any atom is -0.387 e. The summed E-state index contributed by atoms with van der Waals surface area (Å²) in [6, 6.07) is 14.7. The van der Waals surface area contributed by atoms with Gasteiger partial charge in [-0.25, -0.2) is 0 Å². The van der Waals surface area contributed by atoms with Crippen molar-refractivity contribution in [2.75, 3.05) is 49.1 Å². The first-order valence-corrected chi connectivity index (χ1v) is 10.6. The molecule has 1 N–H and O–H groups in total. The Balaban J connectivity index is 1.37. The summed E-state index contributed by atoms with van der Waals surface area (Å²) in [6.45, 7) is 9.05. The predicted molar refractivity (Wildman–Crippen MR) is 118 cm³/mol. The van der Waals surface area contributed by atoms with Gasteiger partial charge in [-0.3, -0.25) is 9.69 Å². The van der Waals surface area contributed by atoms with Gasteiger partial charge in [0.05, 0.1) is 6.10 Å². The third-order valence-corrected chi connectivity index (χ3v) is 6.16. The second kappa shape index (κ2) is 8.56. The number of carbonyl (C=O) groups excluding carboxylic acids is 1. The van der Waals surface area contributed by atoms with Crippen molar-refractivity contribution in [3.8, 4) is 0 Å². The molecule has 2 heterocycles. The van der Waals surface area contributed by atoms with Crippen LogP contribution in [0.3, 0.4) is 0 Å². The van der Waals surface area contributed by atoms with Crippen molar-refractivity contribution in [3.63, 3.8) is 0 Å². The van der Waals surface area contributed by atoms with Crippen LogP contribution >= 0.6 is 0 Å². The molecule has 2 aromatic rings. The molecule has 5 heteroatoms. The SMILES string of the molecule is CC(=O)N1CCCc2cc(C(O)CN3CCN(c4cccc(C)c4)CC3)ccc21. The van der Waals surface area contributed by atoms with Crippen molar-refractivity contribution in [1.82, 2.24) is 4.90 Å². The van der Waals surface area contributed by atoms with Crippen molar-refractivity contribution in [2.45, 2.75) is 32.8 Å². The summed E-state index contributed by atoms with van der Waals surface area (Å²) < 4.78 is 0. The highest BCUT2D eigenvalue weighted by atomic mass is 16.3. The Morgan fingerprint density at radius 1 is 1.07 bits per heavy atom. The minimum atomic E-state index is -0.501. The molecule has 0 radical (unpaired) electrons. The maximum atomic E-state index is 11.9. The van der Waals surface area contributed by atoms with Crippen LogP contribution in [0.5, 0.6) is 0 Å². The molecule has 1 saturated heterocycles. The molecule has 2 aliphatic rings. The Morgan fingerprint density at radius 2 is 1.86 bits per heavy atom. The molecule has 0 aromatic heterocycles. The van der Waals surface area contributed by atoms with E-state index < -0.39 is 6.10 Å². The molecule has 0 aliphatic carbocycles. The smallest absolute Gasteiger partial charge is 0.223 e. The van der Waals surface area contributed by atoms with E-state index in [1.807, 2.05) is 17.0 Å². The Kier molecular flexibility index (Phi) is 5.88. The number of β-amino-alcohol motifs (C(OH)–C–C–N with tert-alkyl or cyclic N) is 1. The van der Waals surface area contributed by atoms with Crippen LogP contribution in [-0.4, -0.2) is 55.2 Å². The molecule has 5 nitrogen and oxygen atoms in total. The molecule has 1 fully saturated rings. The van der Waals surface area contributed by atoms with Crippen LogP contribution in [0.15, 0.2) is 42.5 Å². The molecular weight excluding hydrogens is 362 g/mol. The van der Waals surface area contributed by atoms with Crippen LogP contribution in [0.2, 0.25) is 0 Å². The Hall–Kier alpha value is -2.37. The van der Waals surface area contributed by atoms with Gasteiger partial charge in [-0.15, -0.1) is 0 Å². The molecule has 0 saturated carbocycles. The third-order valence-electron chi connectivity index (χ3n) is 6.16. The Morgan fingerprint density at radius 3 is 2.59 bits per heavy atom. The van der Waals surface area contributed by atoms with Gasteiger partial charge >= 0.3 is 0 Å². The van der Waals surface area contributed by atoms with Crippen molar-refractivity contribution < 1.29 is 9.90 Å². The summed E-state index contributed by atoms with van der Waals surface area (Å²) >= 11 is 0. The van der Waals surface area contributed by atoms with E-state index in [2.05, 4.69) is 47.1 Å². The number of hydrogen-bond acceptors (Lipinski definition) is 4. The second-order valence-electron chi connectivity index (χ2n) is 8.30. The standard InChI is InChI=1S/C24H31N3O2/c1-18-5-3-7-22(15-18)26-13-11-25(12-14-26)17-24(29)21-8-9-23-20(16-21)6-4-10-27(23)19(2)28/h3,5,7-9,15-16,24,29H,4,6,10-14,17H2,1-2H3. The summed E-state index contributed by atoms with van der Waals surface area (Å²) in [6.07, 6.45) is 1.44. The van der Waals surface area contributed by atoms with E-state index in [9.17, 15) is 9.90 Å². The lowest BCUT2D eigenvalue weighted by molar-refractivity contribution is -0.116. The van der Waals surface area contributed by atoms with E-state index in [1.165, 1.54) is 16.8 Å². The summed E-state index contributed by atoms with van der Waals surface area (Å²) in [5, 5.41) is 10.8. The van der Waals surface area contributed by atoms with Crippen LogP contribution < -0.4 is 9.80 Å². The maximum absolute atomic E-state index is 11.9. The van der Waals surface area contributed by atoms with Gasteiger partial charge in [0.2, 0.25) is 5.91 Å². The van der Waals surface area contributed by atoms with Crippen molar-refractivity contribution in [1.29, 1.82) is 0 Å². The van der Waals surface area contributed by atoms with Gasteiger partial charge in [0.1, 0.15) is 0 Å². The molecule has 1 amide bonds. The van der Waals surface area contributed by atoms with Crippen molar-refractivity contribution in [2.24, 2.45) is 0 Å². The van der Waals surface area contributed by atoms with E-state index >= 15 is 0 Å². The Labute approximate surface area is 173 Å². The lowest BCUT2D eigenvalue weighted by Crippen LogP contribution is -2.47. The number of aryl methyl sites for hydroxylation is 2. The number of fused-ring (bicyclic) bond motifs is 1. The molecule has 1 unspecified atom stereocenters. The quantitative estimate of drug-likeness (QED) is 0.867. The van der Waals surface area contributed by atoms with Gasteiger partial charge in [0.25, 0.3) is 0 Å². The molecule has 29 heavy (non-hydrogen) atoms. The zero-order valence-corrected chi connectivity index (χ0v) is 17.5. The van der Waals surface area contributed by atoms with E-state index in [-0.39, 0.29) is 5.91 Å². The van der Waals surface area contributed by atoms with Gasteiger partial charge in [-0.1, -0.05) is 24.3 Å². The summed E-state index contributed by atoms with van der Waals surface area (Å²) in [7, 11) is 0. The predicted octanol–water partition coefficient (Wildman–Crippen LogP) is 3.15. The molecule has 1 atom stereocenters. The molecule has 0 bridgehead atoms. The average Bonchev–Trinajstić information content (AvgIpc) is 2.73. The van der Waals surface area contributed by atoms with Crippen LogP contribution in [0.25, 0.3) is 0 Å². The number of aliphatic hydroxyl groups excluding tert-OH is 1. The number of nitrogens with zero attached hydrogens (tertiary/aromatic N) is 3. The van der Waals surface area contributed by atoms with Gasteiger partial charge in [0, 0.05) is 57.6 Å². The van der Waals surface area contributed by atoms with Crippen LogP contribution in [0, 0.1) is 6.92 Å². The average molecular weight is 394 g/mol. The van der Waals surface area contributed by atoms with Gasteiger partial charge in [0.15, 0.2) is 0 Å². The van der Waals surface area contributed by atoms with Crippen LogP contribution in [0.4, 0.5) is 11.4 Å². The number of anilines is 2. The molecule has 2 aromatic carbocycles. The lowest BCUT2D eigenvalue weighted by atomic mass is 9.97. The zero-order chi connectivity index (χ0) is 20.4. The number of carbonyl (C=O) groups is 1. The van der Waals surface area contributed by atoms with Gasteiger partial charge < -0.3 is 14.9 Å². The van der Waals surface area contributed by atoms with E-state index in [4.69, 9.17) is 0 Å². The first-order valence-electron chi connectivity index (χ1n) is 10.6. The maximum Gasteiger partial charge on any atom is 0.223 e. The van der Waals surface area contributed by atoms with Gasteiger partial charge in [-0.05, 0) is 54.7 Å². The number of amides is 1. The second-order valence-corrected chi connectivity index (χ2v) is 8.30. The number of benzene rings is 2. The van der Waals surface area contributed by atoms with Crippen molar-refractivity contribution >= 4 is 17.3 Å². The normalized spacial score (nSPS) is 18.4. The largest absolute Gasteiger partial charge is 0.387 e. The molecule has 4 rings (SSSR count). The van der Waals surface area contributed by atoms with Crippen LogP contribution in [0.1, 0.15) is 36.1 Å². The highest BCUT2D eigenvalue weighted by Crippen LogP contribution is 2.30. The minimum absolute atomic E-state index is 0.0886. The van der Waals surface area contributed by atoms with E-state index in [0.29, 0.717) is 6.54 Å². The van der Waals surface area contributed by atoms with Crippen LogP contribution in [-0.2, 0) is 11.2 Å². The Bertz CT molecular complexity index is 874. The number of aliphatic hydroxyl groups is 1. The third kappa shape index (κ3) is 4.46. The van der Waals surface area contributed by atoms with Crippen molar-refractivity contribution in [3.05, 3.63) is 59.2 Å². The first-order chi connectivity index (χ1) is 14.0. The number of hydrogen-bond donors (Lipinski definition) is 1. The fourth-order valence-electron chi connectivity index (χ4n) is 4.51. The molecule has 0 spiro atoms. The van der Waals surface area contributed by atoms with E-state index in [0.717, 1.165) is 56.8 Å². The highest BCUT2D eigenvalue weighted by Gasteiger charge is 2.23. The topological polar surface area (TPSA) is 47.0 Å². The number of piperazine rings is 1. The first kappa shape index (κ1) is 19.9. The summed E-state index contributed by atoms with van der Waals surface area (Å²) in [4.78, 5) is 18.5. The summed E-state index contributed by atoms with van der Waals surface area (Å²) in [5.74, 6) is 0.0886. The molecule has 2 aliphatic heterocycles. The number of rotatable bonds is 4.